The van der Waals surface area contributed by atoms with Crippen LogP contribution in [0.3, 0.4) is 0 Å². The van der Waals surface area contributed by atoms with E-state index in [0.717, 1.165) is 121 Å². The first-order chi connectivity index (χ1) is 69.2. The third kappa shape index (κ3) is 45.4. The van der Waals surface area contributed by atoms with Gasteiger partial charge in [-0.05, 0) is 189 Å². The maximum absolute atomic E-state index is 15.4. The Morgan fingerprint density at radius 1 is 0.418 bits per heavy atom. The molecule has 8 N–H and O–H groups in total. The van der Waals surface area contributed by atoms with Crippen molar-refractivity contribution in [1.82, 2.24) is 30.4 Å². The zero-order valence-electron chi connectivity index (χ0n) is 82.6. The molecule has 3 aromatic heterocycles. The predicted octanol–water partition coefficient (Wildman–Crippen LogP) is 20.9. The van der Waals surface area contributed by atoms with E-state index in [-0.39, 0.29) is 262 Å². The number of ether oxygens (including phenoxy) is 5. The van der Waals surface area contributed by atoms with Gasteiger partial charge in [0.2, 0.25) is 52.1 Å². The third-order valence-corrected chi connectivity index (χ3v) is 20.7. The molecule has 146 heavy (non-hydrogen) atoms. The second-order valence-electron chi connectivity index (χ2n) is 30.1. The molecule has 0 amide bonds. The van der Waals surface area contributed by atoms with Crippen LogP contribution in [0.25, 0.3) is 78.2 Å². The second-order valence-corrected chi connectivity index (χ2v) is 31.9. The van der Waals surface area contributed by atoms with Crippen molar-refractivity contribution < 1.29 is 244 Å². The number of phenolic OH excluding ortho intramolecular Hbond substituents is 1. The molecule has 29 nitrogen and oxygen atoms in total. The van der Waals surface area contributed by atoms with E-state index in [1.54, 1.807) is 6.92 Å². The number of halogens is 16. The van der Waals surface area contributed by atoms with Crippen LogP contribution in [0.2, 0.25) is 0 Å². The van der Waals surface area contributed by atoms with Crippen molar-refractivity contribution in [2.45, 2.75) is 203 Å². The number of unbranched alkanes of at least 4 members (excludes halogenated alkanes) is 18. The fourth-order valence-corrected chi connectivity index (χ4v) is 12.8. The predicted molar refractivity (Wildman–Crippen MR) is 518 cm³/mol. The van der Waals surface area contributed by atoms with Crippen LogP contribution in [0, 0.1) is 83.0 Å². The Morgan fingerprint density at radius 3 is 0.932 bits per heavy atom. The minimum atomic E-state index is -1.38. The van der Waals surface area contributed by atoms with Crippen molar-refractivity contribution in [2.75, 3.05) is 45.0 Å². The molecule has 0 bridgehead atoms. The molecule has 47 heteroatoms. The molecule has 784 valence electrons. The Morgan fingerprint density at radius 2 is 0.671 bits per heavy atom. The molecule has 0 fully saturated rings. The zero-order valence-corrected chi connectivity index (χ0v) is 91.7. The van der Waals surface area contributed by atoms with E-state index in [4.69, 9.17) is 122 Å². The monoisotopic (exact) mass is 2230 g/mol. The molecule has 11 aromatic rings. The van der Waals surface area contributed by atoms with Crippen LogP contribution in [0.4, 0.5) is 64.1 Å². The fraction of sp³-hybridized carbons (Fsp3) is 0.384. The van der Waals surface area contributed by atoms with Gasteiger partial charge in [-0.3, -0.25) is 19.2 Å². The molecule has 0 unspecified atom stereocenters. The Balaban J connectivity index is 0.00000211. The van der Waals surface area contributed by atoms with E-state index >= 15 is 26.3 Å². The van der Waals surface area contributed by atoms with Gasteiger partial charge in [0.05, 0.1) is 68.4 Å². The van der Waals surface area contributed by atoms with Crippen molar-refractivity contribution in [3.05, 3.63) is 224 Å². The summed E-state index contributed by atoms with van der Waals surface area (Å²) in [6.07, 6.45) is 24.2. The molecule has 0 saturated carbocycles. The van der Waals surface area contributed by atoms with Gasteiger partial charge in [-0.1, -0.05) is 194 Å². The second kappa shape index (κ2) is 76.8. The van der Waals surface area contributed by atoms with Gasteiger partial charge in [-0.25, -0.2) is 50.7 Å². The summed E-state index contributed by atoms with van der Waals surface area (Å²) in [4.78, 5) is 62.3. The minimum absolute atomic E-state index is 0. The summed E-state index contributed by atoms with van der Waals surface area (Å²) >= 11 is 19.0. The first-order valence-corrected chi connectivity index (χ1v) is 47.5. The van der Waals surface area contributed by atoms with Crippen LogP contribution in [-0.2, 0) is 9.68 Å². The summed E-state index contributed by atoms with van der Waals surface area (Å²) in [5.41, 5.74) is 3.60. The maximum Gasteiger partial charge on any atom is 1.00 e. The Hall–Kier alpha value is -9.67. The van der Waals surface area contributed by atoms with E-state index < -0.39 is 103 Å². The first-order valence-electron chi connectivity index (χ1n) is 45.3. The normalized spacial score (nSPS) is 10.3. The van der Waals surface area contributed by atoms with Crippen molar-refractivity contribution in [3.63, 3.8) is 0 Å². The average Bonchev–Trinajstić information content (AvgIpc) is 2.18. The van der Waals surface area contributed by atoms with Crippen molar-refractivity contribution in [3.8, 4) is 103 Å². The largest absolute Gasteiger partial charge is 1.00 e. The molecule has 0 aliphatic heterocycles. The third-order valence-electron chi connectivity index (χ3n) is 19.5. The number of benzene rings is 8. The maximum atomic E-state index is 15.4. The van der Waals surface area contributed by atoms with E-state index in [1.165, 1.54) is 128 Å². The van der Waals surface area contributed by atoms with E-state index in [9.17, 15) is 40.7 Å². The number of aliphatic hydroxyl groups is 1. The molecule has 0 radical (unpaired) electrons. The number of alkyl halides is 1. The van der Waals surface area contributed by atoms with Crippen LogP contribution in [0.5, 0.6) is 34.5 Å². The number of nitrogens with zero attached hydrogens (tertiary/aromatic N) is 9. The van der Waals surface area contributed by atoms with E-state index in [2.05, 4.69) is 114 Å². The molecule has 0 aliphatic rings. The van der Waals surface area contributed by atoms with E-state index in [1.807, 2.05) is 0 Å². The van der Waals surface area contributed by atoms with Crippen LogP contribution >= 0.6 is 50.7 Å². The number of aromatic hydroxyl groups is 1. The summed E-state index contributed by atoms with van der Waals surface area (Å²) < 4.78 is 214. The number of hydrogen-bond donors (Lipinski definition) is 6. The number of rotatable bonds is 45. The number of carbonyl (C=O) groups excluding carboxylic acids is 4. The number of hydrogen-bond acceptors (Lipinski definition) is 26. The van der Waals surface area contributed by atoms with Gasteiger partial charge >= 0.3 is 103 Å². The summed E-state index contributed by atoms with van der Waals surface area (Å²) in [5, 5.41) is 52.6. The molecule has 0 aliphatic carbocycles. The van der Waals surface area contributed by atoms with Gasteiger partial charge in [0.25, 0.3) is 39.9 Å². The van der Waals surface area contributed by atoms with Gasteiger partial charge in [0.1, 0.15) is 0 Å². The van der Waals surface area contributed by atoms with Gasteiger partial charge < -0.3 is 75.2 Å². The van der Waals surface area contributed by atoms with Gasteiger partial charge in [0.15, 0.2) is 86.9 Å². The standard InChI is InChI=1S/C48H48F6N6O6.C13H18F2N2O2.C13H15F2NO.C9H3Cl3O3.C7H3F2NO.C6H13Br.C2H6O.CH2O3.2K.H3NO.H/c1-4-7-10-13-22-61-34-19-16-31(37(49)40(34)52)43-55-46(64-58-43)28-25-29(47-56-44(59-65-47)32-17-20-35(41(53)38(32)50)62-23-14-11-8-5-2)27-30(26-28)48-57-45(60-66-48)33-18-21-36(42(54)39(33)51)63-24-15-12-9-6-3;1-2-3-4-5-8-19-10-7-6-9(13(16)17-18)11(14)12(10)15;1-3-4-5-6-9-17-11-8-7-10(16-2)12(14)13(11)15;10-7(13)4-1-5(8(11)14)3-6(2-4)9(12)15;1-10-4-2-3-5(11)7(9)6(4)8;1-2-3-4-5-6-7;1-2-3;2-1-4-3;;;1-2;/h16-21,25-27H,4-15,22-24H2,1-3H3;6-7,18H,2-5,8H2,1H3,(H2,16,17);7-8H,3-6,9H2,1H3;1-3H;2-3,11H;2-6H2,1H3;3H,2H2,1H3;1,3H;;;2H,1H2;/q;;;;;;;;2*+1;;-1/p-1. The van der Waals surface area contributed by atoms with Gasteiger partial charge in [-0.2, -0.15) is 32.5 Å². The number of aliphatic hydroxyl groups excluding tert-OH is 1. The van der Waals surface area contributed by atoms with Gasteiger partial charge in [-0.15, -0.1) is 0 Å². The number of aromatic nitrogens is 6. The minimum Gasteiger partial charge on any atom is -1.00 e. The quantitative estimate of drug-likeness (QED) is 0.00168. The summed E-state index contributed by atoms with van der Waals surface area (Å²) in [6.45, 7) is 28.7. The molecule has 11 rings (SSSR count). The molecule has 3 heterocycles. The zero-order chi connectivity index (χ0) is 107. The first kappa shape index (κ1) is 134. The van der Waals surface area contributed by atoms with Crippen molar-refractivity contribution in [2.24, 2.45) is 16.8 Å². The van der Waals surface area contributed by atoms with Crippen LogP contribution in [0.15, 0.2) is 128 Å². The van der Waals surface area contributed by atoms with E-state index in [0.29, 0.717) is 32.5 Å². The molecular weight excluding hydrogens is 2120 g/mol. The number of nitrogens with two attached hydrogens (primary N) is 2. The molecule has 8 aromatic carbocycles. The molecular formula is C99H111BrCl3F12K2N11O18. The summed E-state index contributed by atoms with van der Waals surface area (Å²) in [7, 11) is 0. The summed E-state index contributed by atoms with van der Waals surface area (Å²) in [5.74, 6) is -15.0. The Kier molecular flexibility index (Phi) is 70.7. The fourth-order valence-electron chi connectivity index (χ4n) is 12.1. The van der Waals surface area contributed by atoms with Crippen molar-refractivity contribution >= 4 is 90.1 Å². The number of carbonyl (C=O) groups is 4. The SMILES string of the molecule is CCCCCCBr.CCCCCCOc1ccc(-c2noc(-c3cc(-c4nc(-c5ccc(OCCCCCC)c(F)c5F)no4)cc(-c4nc(-c5ccc(OCCCCCC)c(F)c5F)no4)c3)n2)c(F)c1F.CCCCCCOc1ccc(C(N)=NO)c(F)c1F.CCO.NO.O=C(Cl)c1cc(C(=O)Cl)cc(C(=O)Cl)c1.O=CO[O-].[C-]#[N+]c1ccc(O)c(F)c1F.[C-]#[N+]c1ccc(OCCCCCC)c(F)c1F.[H-].[K+].[K+]. The van der Waals surface area contributed by atoms with Gasteiger partial charge in [0, 0.05) is 45.3 Å². The number of phenols is 1. The molecule has 0 atom stereocenters. The summed E-state index contributed by atoms with van der Waals surface area (Å²) in [6, 6.07) is 22.5. The Bertz CT molecular complexity index is 5560. The topological polar surface area (TPSA) is 418 Å². The molecule has 0 spiro atoms. The van der Waals surface area contributed by atoms with Crippen LogP contribution < -0.4 is 143 Å². The number of oxime groups is 1. The Labute approximate surface area is 946 Å². The number of amidine groups is 1. The van der Waals surface area contributed by atoms with Crippen molar-refractivity contribution in [1.29, 1.82) is 0 Å². The smallest absolute Gasteiger partial charge is 1.00 e. The molecule has 0 saturated heterocycles. The average molecular weight is 2240 g/mol. The van der Waals surface area contributed by atoms with Crippen LogP contribution in [-0.4, -0.2) is 124 Å². The van der Waals surface area contributed by atoms with Crippen LogP contribution in [0.1, 0.15) is 241 Å².